The molecule has 0 bridgehead atoms. The summed E-state index contributed by atoms with van der Waals surface area (Å²) in [6.07, 6.45) is 2.26. The average molecular weight is 303 g/mol. The lowest BCUT2D eigenvalue weighted by Gasteiger charge is -2.21. The summed E-state index contributed by atoms with van der Waals surface area (Å²) in [6, 6.07) is 6.15. The molecule has 0 amide bonds. The molecule has 2 rings (SSSR count). The molecule has 0 aromatic heterocycles. The molecule has 1 heterocycles. The fourth-order valence-corrected chi connectivity index (χ4v) is 3.52. The Hall–Kier alpha value is -0.0300. The van der Waals surface area contributed by atoms with Crippen LogP contribution in [0, 0.1) is 0 Å². The second kappa shape index (κ2) is 6.05. The first-order valence-corrected chi connectivity index (χ1v) is 7.10. The Balaban J connectivity index is 2.01. The molecule has 0 atom stereocenters. The molecule has 0 aliphatic carbocycles. The summed E-state index contributed by atoms with van der Waals surface area (Å²) in [6.45, 7) is 1.85. The summed E-state index contributed by atoms with van der Waals surface area (Å²) >= 11 is 5.38. The van der Waals surface area contributed by atoms with Crippen LogP contribution in [-0.2, 0) is 11.3 Å². The lowest BCUT2D eigenvalue weighted by Crippen LogP contribution is -2.17. The number of hydrogen-bond donors (Lipinski definition) is 1. The average Bonchev–Trinajstić information content (AvgIpc) is 2.31. The van der Waals surface area contributed by atoms with Gasteiger partial charge in [0.05, 0.1) is 6.61 Å². The minimum atomic E-state index is 0.0861. The van der Waals surface area contributed by atoms with Gasteiger partial charge in [0.1, 0.15) is 0 Å². The molecule has 1 aromatic rings. The van der Waals surface area contributed by atoms with Gasteiger partial charge < -0.3 is 9.84 Å². The second-order valence-corrected chi connectivity index (χ2v) is 6.07. The van der Waals surface area contributed by atoms with Gasteiger partial charge in [-0.25, -0.2) is 0 Å². The fourth-order valence-electron chi connectivity index (χ4n) is 1.72. The van der Waals surface area contributed by atoms with E-state index in [9.17, 15) is 0 Å². The van der Waals surface area contributed by atoms with Gasteiger partial charge in [-0.1, -0.05) is 22.0 Å². The van der Waals surface area contributed by atoms with Crippen molar-refractivity contribution >= 4 is 27.7 Å². The van der Waals surface area contributed by atoms with Gasteiger partial charge in [-0.2, -0.15) is 0 Å². The molecule has 0 radical (unpaired) electrons. The number of aliphatic hydroxyl groups excluding tert-OH is 1. The highest BCUT2D eigenvalue weighted by Gasteiger charge is 2.15. The summed E-state index contributed by atoms with van der Waals surface area (Å²) in [7, 11) is 0. The number of benzene rings is 1. The SMILES string of the molecule is OCc1ccc(SC2CCOCC2)cc1Br. The molecule has 88 valence electrons. The zero-order valence-corrected chi connectivity index (χ0v) is 11.4. The van der Waals surface area contributed by atoms with Crippen molar-refractivity contribution in [2.75, 3.05) is 13.2 Å². The van der Waals surface area contributed by atoms with Gasteiger partial charge in [0, 0.05) is 27.8 Å². The first-order chi connectivity index (χ1) is 7.79. The van der Waals surface area contributed by atoms with Crippen LogP contribution in [-0.4, -0.2) is 23.6 Å². The molecule has 1 aromatic carbocycles. The van der Waals surface area contributed by atoms with Crippen molar-refractivity contribution in [1.82, 2.24) is 0 Å². The maximum atomic E-state index is 9.08. The molecule has 1 N–H and O–H groups in total. The van der Waals surface area contributed by atoms with Gasteiger partial charge in [0.15, 0.2) is 0 Å². The first kappa shape index (κ1) is 12.4. The van der Waals surface area contributed by atoms with Crippen LogP contribution in [0.4, 0.5) is 0 Å². The minimum Gasteiger partial charge on any atom is -0.392 e. The van der Waals surface area contributed by atoms with Crippen LogP contribution in [0.5, 0.6) is 0 Å². The monoisotopic (exact) mass is 302 g/mol. The minimum absolute atomic E-state index is 0.0861. The lowest BCUT2D eigenvalue weighted by molar-refractivity contribution is 0.100. The maximum absolute atomic E-state index is 9.08. The molecular formula is C12H15BrO2S. The molecule has 2 nitrogen and oxygen atoms in total. The van der Waals surface area contributed by atoms with Crippen molar-refractivity contribution in [2.24, 2.45) is 0 Å². The Labute approximate surface area is 109 Å². The third kappa shape index (κ3) is 3.23. The van der Waals surface area contributed by atoms with E-state index in [1.54, 1.807) is 0 Å². The molecular weight excluding hydrogens is 288 g/mol. The molecule has 1 aliphatic rings. The van der Waals surface area contributed by atoms with E-state index in [2.05, 4.69) is 28.1 Å². The second-order valence-electron chi connectivity index (χ2n) is 3.84. The molecule has 1 saturated heterocycles. The first-order valence-electron chi connectivity index (χ1n) is 5.43. The van der Waals surface area contributed by atoms with Crippen LogP contribution in [0.25, 0.3) is 0 Å². The molecule has 16 heavy (non-hydrogen) atoms. The Kier molecular flexibility index (Phi) is 4.70. The van der Waals surface area contributed by atoms with E-state index in [4.69, 9.17) is 9.84 Å². The van der Waals surface area contributed by atoms with Crippen LogP contribution in [0.2, 0.25) is 0 Å². The van der Waals surface area contributed by atoms with E-state index in [0.717, 1.165) is 36.1 Å². The van der Waals surface area contributed by atoms with Gasteiger partial charge in [0.25, 0.3) is 0 Å². The van der Waals surface area contributed by atoms with Crippen molar-refractivity contribution in [3.63, 3.8) is 0 Å². The van der Waals surface area contributed by atoms with E-state index in [-0.39, 0.29) is 6.61 Å². The van der Waals surface area contributed by atoms with Crippen molar-refractivity contribution in [2.45, 2.75) is 29.6 Å². The van der Waals surface area contributed by atoms with Crippen LogP contribution in [0.15, 0.2) is 27.6 Å². The molecule has 0 unspecified atom stereocenters. The highest BCUT2D eigenvalue weighted by molar-refractivity contribution is 9.10. The van der Waals surface area contributed by atoms with Crippen molar-refractivity contribution in [3.05, 3.63) is 28.2 Å². The number of hydrogen-bond acceptors (Lipinski definition) is 3. The number of halogens is 1. The van der Waals surface area contributed by atoms with E-state index >= 15 is 0 Å². The van der Waals surface area contributed by atoms with Gasteiger partial charge in [-0.05, 0) is 30.5 Å². The van der Waals surface area contributed by atoms with Crippen molar-refractivity contribution in [3.8, 4) is 0 Å². The zero-order valence-electron chi connectivity index (χ0n) is 8.99. The smallest absolute Gasteiger partial charge is 0.0692 e. The lowest BCUT2D eigenvalue weighted by atomic mass is 10.2. The largest absolute Gasteiger partial charge is 0.392 e. The van der Waals surface area contributed by atoms with Crippen LogP contribution in [0.3, 0.4) is 0 Å². The van der Waals surface area contributed by atoms with Gasteiger partial charge in [0.2, 0.25) is 0 Å². The Bertz CT molecular complexity index is 351. The highest BCUT2D eigenvalue weighted by Crippen LogP contribution is 2.32. The fraction of sp³-hybridized carbons (Fsp3) is 0.500. The van der Waals surface area contributed by atoms with Gasteiger partial charge in [-0.3, -0.25) is 0 Å². The summed E-state index contributed by atoms with van der Waals surface area (Å²) in [5, 5.41) is 9.74. The number of ether oxygens (including phenoxy) is 1. The summed E-state index contributed by atoms with van der Waals surface area (Å²) in [4.78, 5) is 1.26. The van der Waals surface area contributed by atoms with E-state index in [1.807, 2.05) is 17.8 Å². The van der Waals surface area contributed by atoms with Crippen molar-refractivity contribution < 1.29 is 9.84 Å². The van der Waals surface area contributed by atoms with Gasteiger partial charge in [-0.15, -0.1) is 11.8 Å². The normalized spacial score (nSPS) is 17.6. The summed E-state index contributed by atoms with van der Waals surface area (Å²) in [5.41, 5.74) is 0.941. The quantitative estimate of drug-likeness (QED) is 0.930. The molecule has 1 aliphatic heterocycles. The molecule has 4 heteroatoms. The maximum Gasteiger partial charge on any atom is 0.0692 e. The predicted molar refractivity (Wildman–Crippen MR) is 69.8 cm³/mol. The van der Waals surface area contributed by atoms with Crippen LogP contribution >= 0.6 is 27.7 Å². The summed E-state index contributed by atoms with van der Waals surface area (Å²) < 4.78 is 6.33. The van der Waals surface area contributed by atoms with Crippen LogP contribution in [0.1, 0.15) is 18.4 Å². The Morgan fingerprint density at radius 2 is 2.12 bits per heavy atom. The Morgan fingerprint density at radius 1 is 1.38 bits per heavy atom. The highest BCUT2D eigenvalue weighted by atomic mass is 79.9. The predicted octanol–water partition coefficient (Wildman–Crippen LogP) is 3.21. The van der Waals surface area contributed by atoms with E-state index in [1.165, 1.54) is 4.90 Å². The molecule has 0 saturated carbocycles. The Morgan fingerprint density at radius 3 is 2.75 bits per heavy atom. The van der Waals surface area contributed by atoms with Gasteiger partial charge >= 0.3 is 0 Å². The number of aliphatic hydroxyl groups is 1. The van der Waals surface area contributed by atoms with Crippen LogP contribution < -0.4 is 0 Å². The standard InChI is InChI=1S/C12H15BrO2S/c13-12-7-11(2-1-9(12)8-14)16-10-3-5-15-6-4-10/h1-2,7,10,14H,3-6,8H2. The zero-order chi connectivity index (χ0) is 11.4. The summed E-state index contributed by atoms with van der Waals surface area (Å²) in [5.74, 6) is 0. The third-order valence-electron chi connectivity index (χ3n) is 2.67. The van der Waals surface area contributed by atoms with E-state index < -0.39 is 0 Å². The third-order valence-corrected chi connectivity index (χ3v) is 4.73. The number of rotatable bonds is 3. The van der Waals surface area contributed by atoms with Crippen molar-refractivity contribution in [1.29, 1.82) is 0 Å². The molecule has 1 fully saturated rings. The topological polar surface area (TPSA) is 29.5 Å². The van der Waals surface area contributed by atoms with E-state index in [0.29, 0.717) is 5.25 Å². The molecule has 0 spiro atoms. The number of thioether (sulfide) groups is 1.